The smallest absolute Gasteiger partial charge is 0.246 e. The number of nitrogens with one attached hydrogen (secondary N) is 1. The average molecular weight is 241 g/mol. The Morgan fingerprint density at radius 2 is 1.94 bits per heavy atom. The first-order valence-corrected chi connectivity index (χ1v) is 6.70. The molecule has 0 saturated heterocycles. The first-order valence-electron chi connectivity index (χ1n) is 6.70. The van der Waals surface area contributed by atoms with E-state index in [1.165, 1.54) is 25.7 Å². The van der Waals surface area contributed by atoms with E-state index in [4.69, 9.17) is 5.11 Å². The van der Waals surface area contributed by atoms with Crippen LogP contribution in [0.15, 0.2) is 11.6 Å². The van der Waals surface area contributed by atoms with Gasteiger partial charge in [0.1, 0.15) is 0 Å². The van der Waals surface area contributed by atoms with Crippen LogP contribution in [0, 0.1) is 0 Å². The molecule has 0 aromatic carbocycles. The summed E-state index contributed by atoms with van der Waals surface area (Å²) in [5, 5.41) is 11.6. The van der Waals surface area contributed by atoms with Gasteiger partial charge < -0.3 is 10.4 Å². The Morgan fingerprint density at radius 3 is 2.53 bits per heavy atom. The number of hydrogen-bond acceptors (Lipinski definition) is 2. The maximum atomic E-state index is 11.6. The third kappa shape index (κ3) is 8.93. The second-order valence-corrected chi connectivity index (χ2v) is 4.65. The van der Waals surface area contributed by atoms with Crippen LogP contribution in [0.5, 0.6) is 0 Å². The predicted octanol–water partition coefficient (Wildman–Crippen LogP) is 2.79. The van der Waals surface area contributed by atoms with E-state index in [0.717, 1.165) is 18.4 Å². The Bertz CT molecular complexity index is 236. The lowest BCUT2D eigenvalue weighted by Crippen LogP contribution is -2.35. The molecular weight excluding hydrogens is 214 g/mol. The lowest BCUT2D eigenvalue weighted by Gasteiger charge is -2.10. The summed E-state index contributed by atoms with van der Waals surface area (Å²) in [5.74, 6) is -0.0693. The van der Waals surface area contributed by atoms with E-state index in [9.17, 15) is 4.79 Å². The first kappa shape index (κ1) is 16.2. The Morgan fingerprint density at radius 1 is 1.29 bits per heavy atom. The van der Waals surface area contributed by atoms with Crippen LogP contribution in [0.3, 0.4) is 0 Å². The molecule has 1 amide bonds. The van der Waals surface area contributed by atoms with Crippen LogP contribution >= 0.6 is 0 Å². The number of hydrogen-bond donors (Lipinski definition) is 2. The molecule has 3 nitrogen and oxygen atoms in total. The van der Waals surface area contributed by atoms with Crippen LogP contribution in [0.2, 0.25) is 0 Å². The average Bonchev–Trinajstić information content (AvgIpc) is 2.32. The van der Waals surface area contributed by atoms with Crippen molar-refractivity contribution in [3.05, 3.63) is 11.6 Å². The molecule has 17 heavy (non-hydrogen) atoms. The highest BCUT2D eigenvalue weighted by molar-refractivity contribution is 5.92. The van der Waals surface area contributed by atoms with Crippen molar-refractivity contribution < 1.29 is 9.90 Å². The molecule has 1 atom stereocenters. The maximum absolute atomic E-state index is 11.6. The van der Waals surface area contributed by atoms with Gasteiger partial charge in [0, 0.05) is 11.6 Å². The fourth-order valence-electron chi connectivity index (χ4n) is 1.54. The third-order valence-electron chi connectivity index (χ3n) is 2.77. The fourth-order valence-corrected chi connectivity index (χ4v) is 1.54. The summed E-state index contributed by atoms with van der Waals surface area (Å²) in [6.45, 7) is 5.80. The van der Waals surface area contributed by atoms with Gasteiger partial charge in [0.2, 0.25) is 5.91 Å². The highest BCUT2D eigenvalue weighted by Gasteiger charge is 2.06. The van der Waals surface area contributed by atoms with Gasteiger partial charge in [-0.05, 0) is 26.7 Å². The maximum Gasteiger partial charge on any atom is 0.246 e. The monoisotopic (exact) mass is 241 g/mol. The number of rotatable bonds is 9. The zero-order chi connectivity index (χ0) is 13.1. The minimum absolute atomic E-state index is 0.0178. The number of amides is 1. The molecule has 0 unspecified atom stereocenters. The Kier molecular flexibility index (Phi) is 9.83. The van der Waals surface area contributed by atoms with Crippen molar-refractivity contribution >= 4 is 5.91 Å². The Balaban J connectivity index is 3.73. The molecule has 0 fully saturated rings. The van der Waals surface area contributed by atoms with Crippen molar-refractivity contribution in [2.75, 3.05) is 6.61 Å². The van der Waals surface area contributed by atoms with Gasteiger partial charge in [0.15, 0.2) is 0 Å². The van der Waals surface area contributed by atoms with Crippen LogP contribution in [0.1, 0.15) is 59.3 Å². The fraction of sp³-hybridized carbons (Fsp3) is 0.786. The van der Waals surface area contributed by atoms with E-state index in [1.807, 2.05) is 13.0 Å². The molecule has 0 aromatic rings. The van der Waals surface area contributed by atoms with Gasteiger partial charge in [-0.2, -0.15) is 0 Å². The second-order valence-electron chi connectivity index (χ2n) is 4.65. The third-order valence-corrected chi connectivity index (χ3v) is 2.77. The first-order chi connectivity index (χ1) is 8.11. The molecule has 2 N–H and O–H groups in total. The van der Waals surface area contributed by atoms with Crippen LogP contribution in [-0.4, -0.2) is 23.7 Å². The number of aliphatic hydroxyl groups is 1. The van der Waals surface area contributed by atoms with E-state index >= 15 is 0 Å². The van der Waals surface area contributed by atoms with Crippen LogP contribution in [0.25, 0.3) is 0 Å². The minimum atomic E-state index is -0.171. The molecule has 0 saturated carbocycles. The quantitative estimate of drug-likeness (QED) is 0.482. The predicted molar refractivity (Wildman–Crippen MR) is 71.8 cm³/mol. The van der Waals surface area contributed by atoms with Crippen molar-refractivity contribution in [1.29, 1.82) is 0 Å². The van der Waals surface area contributed by atoms with E-state index in [2.05, 4.69) is 12.2 Å². The number of aliphatic hydroxyl groups excluding tert-OH is 1. The van der Waals surface area contributed by atoms with Crippen molar-refractivity contribution in [2.24, 2.45) is 0 Å². The molecule has 0 rings (SSSR count). The summed E-state index contributed by atoms with van der Waals surface area (Å²) >= 11 is 0. The molecule has 0 aliphatic carbocycles. The van der Waals surface area contributed by atoms with Crippen LogP contribution < -0.4 is 5.32 Å². The summed E-state index contributed by atoms with van der Waals surface area (Å²) in [6.07, 6.45) is 9.21. The molecule has 0 aromatic heterocycles. The van der Waals surface area contributed by atoms with Gasteiger partial charge in [-0.1, -0.05) is 38.7 Å². The van der Waals surface area contributed by atoms with Crippen LogP contribution in [-0.2, 0) is 4.79 Å². The van der Waals surface area contributed by atoms with Gasteiger partial charge in [0.25, 0.3) is 0 Å². The van der Waals surface area contributed by atoms with Crippen molar-refractivity contribution in [1.82, 2.24) is 5.32 Å². The minimum Gasteiger partial charge on any atom is -0.394 e. The Hall–Kier alpha value is -0.830. The summed E-state index contributed by atoms with van der Waals surface area (Å²) < 4.78 is 0. The summed E-state index contributed by atoms with van der Waals surface area (Å²) in [5.41, 5.74) is 0.751. The molecule has 0 spiro atoms. The van der Waals surface area contributed by atoms with Gasteiger partial charge in [0.05, 0.1) is 6.61 Å². The molecule has 0 aliphatic heterocycles. The normalized spacial score (nSPS) is 13.5. The number of carbonyl (C=O) groups excluding carboxylic acids is 1. The molecule has 100 valence electrons. The topological polar surface area (TPSA) is 49.3 Å². The van der Waals surface area contributed by atoms with Gasteiger partial charge in [-0.3, -0.25) is 4.79 Å². The van der Waals surface area contributed by atoms with Gasteiger partial charge in [-0.25, -0.2) is 0 Å². The number of allylic oxidation sites excluding steroid dienone is 1. The summed E-state index contributed by atoms with van der Waals surface area (Å²) in [4.78, 5) is 11.6. The highest BCUT2D eigenvalue weighted by atomic mass is 16.3. The lowest BCUT2D eigenvalue weighted by molar-refractivity contribution is -0.118. The van der Waals surface area contributed by atoms with Crippen LogP contribution in [0.4, 0.5) is 0 Å². The standard InChI is InChI=1S/C14H27NO2/c1-4-5-6-7-8-9-10-12(2)14(17)15-13(3)11-16/h10,13,16H,4-9,11H2,1-3H3,(H,15,17)/b12-10+/t13-/m0/s1. The second kappa shape index (κ2) is 10.3. The van der Waals surface area contributed by atoms with Crippen molar-refractivity contribution in [2.45, 2.75) is 65.3 Å². The molecular formula is C14H27NO2. The van der Waals surface area contributed by atoms with Gasteiger partial charge in [-0.15, -0.1) is 0 Å². The van der Waals surface area contributed by atoms with E-state index in [-0.39, 0.29) is 18.6 Å². The van der Waals surface area contributed by atoms with E-state index < -0.39 is 0 Å². The number of unbranched alkanes of at least 4 members (excludes halogenated alkanes) is 5. The zero-order valence-electron chi connectivity index (χ0n) is 11.5. The van der Waals surface area contributed by atoms with E-state index in [0.29, 0.717) is 0 Å². The van der Waals surface area contributed by atoms with Crippen molar-refractivity contribution in [3.8, 4) is 0 Å². The van der Waals surface area contributed by atoms with Crippen molar-refractivity contribution in [3.63, 3.8) is 0 Å². The zero-order valence-corrected chi connectivity index (χ0v) is 11.5. The van der Waals surface area contributed by atoms with Gasteiger partial charge >= 0.3 is 0 Å². The lowest BCUT2D eigenvalue weighted by atomic mass is 10.1. The molecule has 0 radical (unpaired) electrons. The molecule has 0 heterocycles. The SMILES string of the molecule is CCCCCCC/C=C(\C)C(=O)N[C@@H](C)CO. The number of carbonyl (C=O) groups is 1. The largest absolute Gasteiger partial charge is 0.394 e. The summed E-state index contributed by atoms with van der Waals surface area (Å²) in [7, 11) is 0. The van der Waals surface area contributed by atoms with E-state index in [1.54, 1.807) is 6.92 Å². The molecule has 3 heteroatoms. The Labute approximate surface area is 105 Å². The summed E-state index contributed by atoms with van der Waals surface area (Å²) in [6, 6.07) is -0.171. The molecule has 0 bridgehead atoms. The molecule has 0 aliphatic rings. The highest BCUT2D eigenvalue weighted by Crippen LogP contribution is 2.07.